The molecule has 0 radical (unpaired) electrons. The van der Waals surface area contributed by atoms with Crippen LogP contribution in [-0.2, 0) is 28.6 Å². The molecule has 0 saturated carbocycles. The lowest BCUT2D eigenvalue weighted by Crippen LogP contribution is -2.30. The summed E-state index contributed by atoms with van der Waals surface area (Å²) in [6, 6.07) is 0. The normalized spacial score (nSPS) is 12.5. The van der Waals surface area contributed by atoms with Gasteiger partial charge in [0.05, 0.1) is 0 Å². The fourth-order valence-electron chi connectivity index (χ4n) is 7.73. The lowest BCUT2D eigenvalue weighted by Gasteiger charge is -2.18. The molecule has 0 aliphatic heterocycles. The topological polar surface area (TPSA) is 78.9 Å². The lowest BCUT2D eigenvalue weighted by atomic mass is 10.1. The van der Waals surface area contributed by atoms with Gasteiger partial charge in [-0.15, -0.1) is 0 Å². The molecule has 0 aromatic rings. The van der Waals surface area contributed by atoms with E-state index in [2.05, 4.69) is 81.5 Å². The quantitative estimate of drug-likeness (QED) is 0.0262. The fourth-order valence-corrected chi connectivity index (χ4v) is 7.73. The second-order valence-electron chi connectivity index (χ2n) is 18.5. The van der Waals surface area contributed by atoms with Gasteiger partial charge in [0.1, 0.15) is 13.2 Å². The third kappa shape index (κ3) is 51.9. The number of allylic oxidation sites excluding steroid dienone is 10. The number of carbonyl (C=O) groups excluding carboxylic acids is 3. The summed E-state index contributed by atoms with van der Waals surface area (Å²) in [6.45, 7) is 6.58. The van der Waals surface area contributed by atoms with Gasteiger partial charge in [0, 0.05) is 19.3 Å². The molecule has 6 nitrogen and oxygen atoms in total. The third-order valence-corrected chi connectivity index (χ3v) is 12.0. The summed E-state index contributed by atoms with van der Waals surface area (Å²) in [6.07, 6.45) is 66.3. The molecule has 0 spiro atoms. The highest BCUT2D eigenvalue weighted by molar-refractivity contribution is 5.71. The molecule has 0 aromatic heterocycles. The highest BCUT2D eigenvalue weighted by Crippen LogP contribution is 2.14. The molecule has 0 fully saturated rings. The standard InChI is InChI=1S/C59H104O6/c1-4-7-10-13-16-19-22-25-27-29-31-34-37-40-43-46-49-52-58(61)64-55-56(54-63-57(60)51-48-45-42-39-36-33-24-21-18-15-12-9-6-3)65-59(62)53-50-47-44-41-38-35-32-30-28-26-23-20-17-14-11-8-5-2/h16,19,21,24-28,31,34,56H,4-15,17-18,20,22-23,29-30,32-33,35-55H2,1-3H3/b19-16-,24-21-,27-25-,28-26-,34-31-/t56-/m1/s1. The Morgan fingerprint density at radius 1 is 0.308 bits per heavy atom. The minimum absolute atomic E-state index is 0.0870. The number of hydrogen-bond acceptors (Lipinski definition) is 6. The number of ether oxygens (including phenoxy) is 3. The zero-order valence-corrected chi connectivity index (χ0v) is 43.0. The summed E-state index contributed by atoms with van der Waals surface area (Å²) in [5.74, 6) is -0.914. The van der Waals surface area contributed by atoms with E-state index in [1.165, 1.54) is 148 Å². The Morgan fingerprint density at radius 3 is 0.923 bits per heavy atom. The van der Waals surface area contributed by atoms with E-state index >= 15 is 0 Å². The van der Waals surface area contributed by atoms with Crippen molar-refractivity contribution in [2.45, 2.75) is 284 Å². The molecule has 0 amide bonds. The van der Waals surface area contributed by atoms with E-state index in [1.54, 1.807) is 0 Å². The van der Waals surface area contributed by atoms with Crippen LogP contribution in [0.1, 0.15) is 278 Å². The van der Waals surface area contributed by atoms with E-state index in [0.717, 1.165) is 89.9 Å². The Bertz CT molecular complexity index is 1180. The largest absolute Gasteiger partial charge is 0.462 e. The lowest BCUT2D eigenvalue weighted by molar-refractivity contribution is -0.167. The van der Waals surface area contributed by atoms with Crippen LogP contribution in [0.25, 0.3) is 0 Å². The Labute approximate surface area is 402 Å². The summed E-state index contributed by atoms with van der Waals surface area (Å²) in [4.78, 5) is 38.1. The molecule has 0 aromatic carbocycles. The second-order valence-corrected chi connectivity index (χ2v) is 18.5. The van der Waals surface area contributed by atoms with E-state index in [-0.39, 0.29) is 31.1 Å². The Morgan fingerprint density at radius 2 is 0.554 bits per heavy atom. The van der Waals surface area contributed by atoms with Crippen LogP contribution < -0.4 is 0 Å². The van der Waals surface area contributed by atoms with Crippen molar-refractivity contribution >= 4 is 17.9 Å². The molecule has 0 saturated heterocycles. The van der Waals surface area contributed by atoms with Crippen LogP contribution in [0.2, 0.25) is 0 Å². The summed E-state index contributed by atoms with van der Waals surface area (Å²) in [7, 11) is 0. The van der Waals surface area contributed by atoms with Crippen LogP contribution in [0.4, 0.5) is 0 Å². The van der Waals surface area contributed by atoms with Crippen molar-refractivity contribution in [1.29, 1.82) is 0 Å². The summed E-state index contributed by atoms with van der Waals surface area (Å²) >= 11 is 0. The number of carbonyl (C=O) groups is 3. The van der Waals surface area contributed by atoms with E-state index in [1.807, 2.05) is 0 Å². The average Bonchev–Trinajstić information content (AvgIpc) is 3.30. The van der Waals surface area contributed by atoms with Gasteiger partial charge in [0.15, 0.2) is 6.10 Å². The van der Waals surface area contributed by atoms with Crippen molar-refractivity contribution < 1.29 is 28.6 Å². The van der Waals surface area contributed by atoms with Crippen LogP contribution in [0.3, 0.4) is 0 Å². The molecule has 0 aliphatic rings. The van der Waals surface area contributed by atoms with E-state index < -0.39 is 6.10 Å². The van der Waals surface area contributed by atoms with Gasteiger partial charge in [0.25, 0.3) is 0 Å². The number of esters is 3. The molecule has 0 rings (SSSR count). The van der Waals surface area contributed by atoms with Gasteiger partial charge in [-0.3, -0.25) is 14.4 Å². The molecule has 1 atom stereocenters. The van der Waals surface area contributed by atoms with Crippen LogP contribution in [0.15, 0.2) is 60.8 Å². The number of unbranched alkanes of at least 4 members (excludes halogenated alkanes) is 29. The fraction of sp³-hybridized carbons (Fsp3) is 0.780. The molecule has 0 bridgehead atoms. The van der Waals surface area contributed by atoms with Crippen molar-refractivity contribution in [1.82, 2.24) is 0 Å². The van der Waals surface area contributed by atoms with Gasteiger partial charge in [-0.25, -0.2) is 0 Å². The predicted molar refractivity (Wildman–Crippen MR) is 279 cm³/mol. The van der Waals surface area contributed by atoms with E-state index in [4.69, 9.17) is 14.2 Å². The van der Waals surface area contributed by atoms with Crippen molar-refractivity contribution in [3.8, 4) is 0 Å². The van der Waals surface area contributed by atoms with Gasteiger partial charge < -0.3 is 14.2 Å². The van der Waals surface area contributed by atoms with Crippen LogP contribution in [-0.4, -0.2) is 37.2 Å². The average molecular weight is 909 g/mol. The zero-order chi connectivity index (χ0) is 47.2. The highest BCUT2D eigenvalue weighted by Gasteiger charge is 2.19. The molecule has 65 heavy (non-hydrogen) atoms. The maximum Gasteiger partial charge on any atom is 0.306 e. The van der Waals surface area contributed by atoms with Gasteiger partial charge in [0.2, 0.25) is 0 Å². The van der Waals surface area contributed by atoms with Crippen LogP contribution >= 0.6 is 0 Å². The first-order valence-electron chi connectivity index (χ1n) is 27.8. The maximum atomic E-state index is 12.8. The third-order valence-electron chi connectivity index (χ3n) is 12.0. The molecule has 376 valence electrons. The Kier molecular flexibility index (Phi) is 51.3. The Hall–Kier alpha value is -2.89. The van der Waals surface area contributed by atoms with Gasteiger partial charge in [-0.2, -0.15) is 0 Å². The number of rotatable bonds is 50. The SMILES string of the molecule is CCCCC/C=C\C/C=C\C/C=C\CCCCCCC(=O)OC[C@@H](COC(=O)CCCCCCC/C=C\CCCCCC)OC(=O)CCCCCCCCC/C=C\CCCCCCCC. The first-order chi connectivity index (χ1) is 32.0. The molecule has 0 aliphatic carbocycles. The zero-order valence-electron chi connectivity index (χ0n) is 43.0. The molecular formula is C59H104O6. The highest BCUT2D eigenvalue weighted by atomic mass is 16.6. The van der Waals surface area contributed by atoms with E-state index in [0.29, 0.717) is 19.3 Å². The smallest absolute Gasteiger partial charge is 0.306 e. The molecular weight excluding hydrogens is 805 g/mol. The molecule has 0 heterocycles. The molecule has 0 unspecified atom stereocenters. The van der Waals surface area contributed by atoms with Crippen molar-refractivity contribution in [2.75, 3.05) is 13.2 Å². The van der Waals surface area contributed by atoms with Crippen molar-refractivity contribution in [3.05, 3.63) is 60.8 Å². The summed E-state index contributed by atoms with van der Waals surface area (Å²) < 4.78 is 16.8. The van der Waals surface area contributed by atoms with Crippen molar-refractivity contribution in [2.24, 2.45) is 0 Å². The molecule has 6 heteroatoms. The van der Waals surface area contributed by atoms with Gasteiger partial charge >= 0.3 is 17.9 Å². The summed E-state index contributed by atoms with van der Waals surface area (Å²) in [5.41, 5.74) is 0. The predicted octanol–water partition coefficient (Wildman–Crippen LogP) is 18.4. The minimum Gasteiger partial charge on any atom is -0.462 e. The monoisotopic (exact) mass is 909 g/mol. The molecule has 0 N–H and O–H groups in total. The first-order valence-corrected chi connectivity index (χ1v) is 27.8. The first kappa shape index (κ1) is 62.1. The van der Waals surface area contributed by atoms with Gasteiger partial charge in [-0.05, 0) is 109 Å². The van der Waals surface area contributed by atoms with Crippen LogP contribution in [0, 0.1) is 0 Å². The second kappa shape index (κ2) is 53.7. The maximum absolute atomic E-state index is 12.8. The van der Waals surface area contributed by atoms with E-state index in [9.17, 15) is 14.4 Å². The van der Waals surface area contributed by atoms with Gasteiger partial charge in [-0.1, -0.05) is 210 Å². The summed E-state index contributed by atoms with van der Waals surface area (Å²) in [5, 5.41) is 0. The number of hydrogen-bond donors (Lipinski definition) is 0. The minimum atomic E-state index is -0.788. The van der Waals surface area contributed by atoms with Crippen LogP contribution in [0.5, 0.6) is 0 Å². The Balaban J connectivity index is 4.42. The van der Waals surface area contributed by atoms with Crippen molar-refractivity contribution in [3.63, 3.8) is 0 Å².